The van der Waals surface area contributed by atoms with E-state index >= 15 is 0 Å². The molecule has 0 aliphatic rings. The van der Waals surface area contributed by atoms with Gasteiger partial charge in [-0.25, -0.2) is 0 Å². The standard InChI is InChI=1S/C14H13N3O/c15-11-3-4-13-10(7-17-14(13)6-11)9-18-12-2-1-5-16-8-12/h1-8,17H,9,15H2. The number of hydrogen-bond donors (Lipinski definition) is 2. The molecule has 3 rings (SSSR count). The van der Waals surface area contributed by atoms with Gasteiger partial charge in [-0.2, -0.15) is 0 Å². The molecule has 18 heavy (non-hydrogen) atoms. The Morgan fingerprint density at radius 3 is 3.06 bits per heavy atom. The molecule has 0 saturated heterocycles. The number of nitrogens with one attached hydrogen (secondary N) is 1. The number of H-pyrrole nitrogens is 1. The highest BCUT2D eigenvalue weighted by Crippen LogP contribution is 2.22. The van der Waals surface area contributed by atoms with Crippen LogP contribution in [0.5, 0.6) is 5.75 Å². The molecule has 4 heteroatoms. The molecule has 0 spiro atoms. The van der Waals surface area contributed by atoms with E-state index in [4.69, 9.17) is 10.5 Å². The predicted octanol–water partition coefficient (Wildman–Crippen LogP) is 2.72. The Labute approximate surface area is 104 Å². The summed E-state index contributed by atoms with van der Waals surface area (Å²) in [6.07, 6.45) is 5.37. The van der Waals surface area contributed by atoms with Gasteiger partial charge in [-0.1, -0.05) is 6.07 Å². The average molecular weight is 239 g/mol. The highest BCUT2D eigenvalue weighted by atomic mass is 16.5. The van der Waals surface area contributed by atoms with Crippen LogP contribution < -0.4 is 10.5 Å². The molecule has 2 heterocycles. The van der Waals surface area contributed by atoms with Gasteiger partial charge in [-0.05, 0) is 24.3 Å². The number of benzene rings is 1. The van der Waals surface area contributed by atoms with E-state index in [1.807, 2.05) is 36.5 Å². The molecule has 0 unspecified atom stereocenters. The summed E-state index contributed by atoms with van der Waals surface area (Å²) in [6, 6.07) is 9.56. The summed E-state index contributed by atoms with van der Waals surface area (Å²) in [5.41, 5.74) is 8.63. The predicted molar refractivity (Wildman–Crippen MR) is 71.3 cm³/mol. The molecule has 0 aliphatic heterocycles. The maximum atomic E-state index is 5.74. The smallest absolute Gasteiger partial charge is 0.138 e. The van der Waals surface area contributed by atoms with E-state index in [9.17, 15) is 0 Å². The highest BCUT2D eigenvalue weighted by molar-refractivity contribution is 5.85. The Bertz CT molecular complexity index is 661. The molecule has 2 aromatic heterocycles. The molecule has 0 saturated carbocycles. The summed E-state index contributed by atoms with van der Waals surface area (Å²) < 4.78 is 5.67. The first-order valence-corrected chi connectivity index (χ1v) is 5.71. The molecule has 0 fully saturated rings. The number of aromatic amines is 1. The molecular weight excluding hydrogens is 226 g/mol. The Balaban J connectivity index is 1.83. The van der Waals surface area contributed by atoms with Gasteiger partial charge in [0, 0.05) is 34.5 Å². The quantitative estimate of drug-likeness (QED) is 0.691. The van der Waals surface area contributed by atoms with Crippen LogP contribution in [0.3, 0.4) is 0 Å². The normalized spacial score (nSPS) is 10.7. The third-order valence-electron chi connectivity index (χ3n) is 2.82. The van der Waals surface area contributed by atoms with Gasteiger partial charge in [0.25, 0.3) is 0 Å². The van der Waals surface area contributed by atoms with E-state index < -0.39 is 0 Å². The van der Waals surface area contributed by atoms with Crippen LogP contribution in [-0.4, -0.2) is 9.97 Å². The van der Waals surface area contributed by atoms with E-state index in [1.54, 1.807) is 12.4 Å². The van der Waals surface area contributed by atoms with Crippen LogP contribution in [0.25, 0.3) is 10.9 Å². The lowest BCUT2D eigenvalue weighted by atomic mass is 10.2. The van der Waals surface area contributed by atoms with Crippen molar-refractivity contribution in [1.29, 1.82) is 0 Å². The number of pyridine rings is 1. The van der Waals surface area contributed by atoms with E-state index in [1.165, 1.54) is 0 Å². The summed E-state index contributed by atoms with van der Waals surface area (Å²) in [7, 11) is 0. The van der Waals surface area contributed by atoms with Crippen molar-refractivity contribution in [3.05, 3.63) is 54.5 Å². The van der Waals surface area contributed by atoms with Crippen molar-refractivity contribution in [2.24, 2.45) is 0 Å². The Hall–Kier alpha value is -2.49. The van der Waals surface area contributed by atoms with Crippen LogP contribution in [0, 0.1) is 0 Å². The lowest BCUT2D eigenvalue weighted by molar-refractivity contribution is 0.306. The van der Waals surface area contributed by atoms with E-state index in [0.717, 1.165) is 27.9 Å². The summed E-state index contributed by atoms with van der Waals surface area (Å²) in [4.78, 5) is 7.20. The van der Waals surface area contributed by atoms with Gasteiger partial charge >= 0.3 is 0 Å². The number of ether oxygens (including phenoxy) is 1. The number of nitrogens with two attached hydrogens (primary N) is 1. The zero-order valence-corrected chi connectivity index (χ0v) is 9.76. The first kappa shape index (κ1) is 10.7. The number of nitrogen functional groups attached to an aromatic ring is 1. The minimum atomic E-state index is 0.510. The largest absolute Gasteiger partial charge is 0.487 e. The molecule has 90 valence electrons. The van der Waals surface area contributed by atoms with Crippen molar-refractivity contribution >= 4 is 16.6 Å². The lowest BCUT2D eigenvalue weighted by Gasteiger charge is -2.04. The number of nitrogens with zero attached hydrogens (tertiary/aromatic N) is 1. The number of anilines is 1. The number of aromatic nitrogens is 2. The second kappa shape index (κ2) is 4.41. The molecule has 3 aromatic rings. The van der Waals surface area contributed by atoms with Gasteiger partial charge in [0.2, 0.25) is 0 Å². The molecule has 1 aromatic carbocycles. The van der Waals surface area contributed by atoms with Crippen LogP contribution in [0.4, 0.5) is 5.69 Å². The molecule has 0 amide bonds. The molecular formula is C14H13N3O. The SMILES string of the molecule is Nc1ccc2c(COc3cccnc3)c[nH]c2c1. The maximum absolute atomic E-state index is 5.74. The zero-order chi connectivity index (χ0) is 12.4. The van der Waals surface area contributed by atoms with Crippen LogP contribution in [0.1, 0.15) is 5.56 Å². The second-order valence-corrected chi connectivity index (χ2v) is 4.10. The van der Waals surface area contributed by atoms with E-state index in [-0.39, 0.29) is 0 Å². The summed E-state index contributed by atoms with van der Waals surface area (Å²) in [5, 5.41) is 1.13. The van der Waals surface area contributed by atoms with Crippen LogP contribution in [-0.2, 0) is 6.61 Å². The molecule has 4 nitrogen and oxygen atoms in total. The highest BCUT2D eigenvalue weighted by Gasteiger charge is 2.04. The second-order valence-electron chi connectivity index (χ2n) is 4.10. The van der Waals surface area contributed by atoms with Crippen molar-refractivity contribution in [2.45, 2.75) is 6.61 Å². The van der Waals surface area contributed by atoms with Gasteiger partial charge in [-0.3, -0.25) is 4.98 Å². The zero-order valence-electron chi connectivity index (χ0n) is 9.76. The van der Waals surface area contributed by atoms with Gasteiger partial charge in [0.1, 0.15) is 12.4 Å². The van der Waals surface area contributed by atoms with Gasteiger partial charge in [-0.15, -0.1) is 0 Å². The fourth-order valence-electron chi connectivity index (χ4n) is 1.92. The Morgan fingerprint density at radius 2 is 2.22 bits per heavy atom. The summed E-state index contributed by atoms with van der Waals surface area (Å²) in [6.45, 7) is 0.510. The van der Waals surface area contributed by atoms with E-state index in [0.29, 0.717) is 6.61 Å². The number of hydrogen-bond acceptors (Lipinski definition) is 3. The minimum Gasteiger partial charge on any atom is -0.487 e. The van der Waals surface area contributed by atoms with Crippen LogP contribution >= 0.6 is 0 Å². The van der Waals surface area contributed by atoms with Crippen LogP contribution in [0.15, 0.2) is 48.9 Å². The van der Waals surface area contributed by atoms with Gasteiger partial charge in [0.15, 0.2) is 0 Å². The number of rotatable bonds is 3. The third kappa shape index (κ3) is 2.00. The minimum absolute atomic E-state index is 0.510. The monoisotopic (exact) mass is 239 g/mol. The number of fused-ring (bicyclic) bond motifs is 1. The first-order valence-electron chi connectivity index (χ1n) is 5.71. The van der Waals surface area contributed by atoms with Crippen molar-refractivity contribution in [3.8, 4) is 5.75 Å². The first-order chi connectivity index (χ1) is 8.83. The van der Waals surface area contributed by atoms with Crippen molar-refractivity contribution in [2.75, 3.05) is 5.73 Å². The Kier molecular flexibility index (Phi) is 2.61. The molecule has 0 bridgehead atoms. The lowest BCUT2D eigenvalue weighted by Crippen LogP contribution is -1.94. The maximum Gasteiger partial charge on any atom is 0.138 e. The Morgan fingerprint density at radius 1 is 1.28 bits per heavy atom. The topological polar surface area (TPSA) is 63.9 Å². The van der Waals surface area contributed by atoms with Crippen molar-refractivity contribution in [1.82, 2.24) is 9.97 Å². The fourth-order valence-corrected chi connectivity index (χ4v) is 1.92. The van der Waals surface area contributed by atoms with Gasteiger partial charge < -0.3 is 15.5 Å². The molecule has 0 atom stereocenters. The van der Waals surface area contributed by atoms with Gasteiger partial charge in [0.05, 0.1) is 6.20 Å². The molecule has 0 radical (unpaired) electrons. The summed E-state index contributed by atoms with van der Waals surface area (Å²) in [5.74, 6) is 0.766. The molecule has 3 N–H and O–H groups in total. The van der Waals surface area contributed by atoms with E-state index in [2.05, 4.69) is 9.97 Å². The van der Waals surface area contributed by atoms with Crippen molar-refractivity contribution in [3.63, 3.8) is 0 Å². The third-order valence-corrected chi connectivity index (χ3v) is 2.82. The molecule has 0 aliphatic carbocycles. The average Bonchev–Trinajstić information content (AvgIpc) is 2.80. The fraction of sp³-hybridized carbons (Fsp3) is 0.0714. The van der Waals surface area contributed by atoms with Crippen molar-refractivity contribution < 1.29 is 4.74 Å². The van der Waals surface area contributed by atoms with Crippen LogP contribution in [0.2, 0.25) is 0 Å². The summed E-state index contributed by atoms with van der Waals surface area (Å²) >= 11 is 0.